The number of aromatic hydroxyl groups is 1. The molecule has 2 aliphatic rings. The molecular formula is C29H20F2NO10P. The number of carboxylic acid groups (broad SMARTS) is 1. The number of Topliss-reactive ketones (excluding diaryl/α,β-unsaturated/α-hetero) is 1. The van der Waals surface area contributed by atoms with Crippen LogP contribution in [0.1, 0.15) is 27.1 Å². The van der Waals surface area contributed by atoms with Gasteiger partial charge in [-0.25, -0.2) is 18.1 Å². The van der Waals surface area contributed by atoms with Gasteiger partial charge in [0.2, 0.25) is 5.43 Å². The molecule has 1 aliphatic carbocycles. The molecule has 1 aliphatic heterocycles. The molecule has 0 amide bonds. The molecule has 0 fully saturated rings. The fourth-order valence-corrected chi connectivity index (χ4v) is 4.94. The fourth-order valence-electron chi connectivity index (χ4n) is 4.54. The summed E-state index contributed by atoms with van der Waals surface area (Å²) in [6, 6.07) is 13.0. The van der Waals surface area contributed by atoms with E-state index >= 15 is 0 Å². The molecule has 5 N–H and O–H groups in total. The Morgan fingerprint density at radius 2 is 1.65 bits per heavy atom. The highest BCUT2D eigenvalue weighted by Crippen LogP contribution is 2.43. The normalized spacial score (nSPS) is 11.5. The summed E-state index contributed by atoms with van der Waals surface area (Å²) < 4.78 is 49.8. The number of hydrogen-bond donors (Lipinski definition) is 5. The van der Waals surface area contributed by atoms with Gasteiger partial charge in [0.25, 0.3) is 0 Å². The van der Waals surface area contributed by atoms with Gasteiger partial charge in [-0.15, -0.1) is 0 Å². The Kier molecular flexibility index (Phi) is 7.72. The van der Waals surface area contributed by atoms with Gasteiger partial charge >= 0.3 is 13.8 Å². The van der Waals surface area contributed by atoms with Crippen molar-refractivity contribution in [1.82, 2.24) is 0 Å². The number of carbonyl (C=O) groups is 2. The van der Waals surface area contributed by atoms with Gasteiger partial charge in [-0.1, -0.05) is 12.1 Å². The van der Waals surface area contributed by atoms with E-state index < -0.39 is 42.4 Å². The summed E-state index contributed by atoms with van der Waals surface area (Å²) in [5.41, 5.74) is -0.938. The smallest absolute Gasteiger partial charge is 0.505 e. The summed E-state index contributed by atoms with van der Waals surface area (Å²) >= 11 is 0. The highest BCUT2D eigenvalue weighted by Gasteiger charge is 2.25. The van der Waals surface area contributed by atoms with Crippen LogP contribution in [0.5, 0.6) is 11.5 Å². The summed E-state index contributed by atoms with van der Waals surface area (Å²) in [6.07, 6.45) is -0.0722. The zero-order valence-corrected chi connectivity index (χ0v) is 22.6. The van der Waals surface area contributed by atoms with Gasteiger partial charge in [0.1, 0.15) is 17.1 Å². The minimum atomic E-state index is -4.71. The molecule has 0 saturated carbocycles. The lowest BCUT2D eigenvalue weighted by molar-refractivity contribution is 0.0697. The van der Waals surface area contributed by atoms with Crippen molar-refractivity contribution in [1.29, 1.82) is 0 Å². The zero-order chi connectivity index (χ0) is 31.1. The molecule has 5 rings (SSSR count). The molecule has 1 heterocycles. The van der Waals surface area contributed by atoms with Gasteiger partial charge in [-0.3, -0.25) is 19.4 Å². The maximum Gasteiger partial charge on any atom is 0.524 e. The number of hydrogen-bond acceptors (Lipinski definition) is 8. The van der Waals surface area contributed by atoms with E-state index in [-0.39, 0.29) is 63.3 Å². The molecule has 3 aromatic rings. The van der Waals surface area contributed by atoms with Crippen LogP contribution in [0.2, 0.25) is 0 Å². The number of carbonyl (C=O) groups excluding carboxylic acids is 1. The third kappa shape index (κ3) is 6.24. The quantitative estimate of drug-likeness (QED) is 0.0817. The van der Waals surface area contributed by atoms with Gasteiger partial charge in [0.15, 0.2) is 23.2 Å². The average Bonchev–Trinajstić information content (AvgIpc) is 2.93. The third-order valence-electron chi connectivity index (χ3n) is 6.44. The van der Waals surface area contributed by atoms with Crippen molar-refractivity contribution in [3.05, 3.63) is 99.7 Å². The lowest BCUT2D eigenvalue weighted by Crippen LogP contribution is -2.11. The van der Waals surface area contributed by atoms with E-state index in [0.29, 0.717) is 5.69 Å². The Labute approximate surface area is 240 Å². The van der Waals surface area contributed by atoms with Crippen molar-refractivity contribution < 1.29 is 51.9 Å². The van der Waals surface area contributed by atoms with Gasteiger partial charge in [-0.2, -0.15) is 0 Å². The number of anilines is 1. The van der Waals surface area contributed by atoms with Crippen LogP contribution in [0.15, 0.2) is 75.9 Å². The Hall–Kier alpha value is -5.10. The van der Waals surface area contributed by atoms with Crippen molar-refractivity contribution in [2.75, 3.05) is 11.9 Å². The first-order valence-electron chi connectivity index (χ1n) is 12.4. The molecule has 14 heteroatoms. The number of halogens is 2. The maximum absolute atomic E-state index is 14.4. The van der Waals surface area contributed by atoms with Gasteiger partial charge in [0.05, 0.1) is 5.56 Å². The molecule has 11 nitrogen and oxygen atoms in total. The number of benzene rings is 4. The number of ketones is 1. The number of fused-ring (bicyclic) bond motifs is 2. The monoisotopic (exact) mass is 611 g/mol. The second-order valence-electron chi connectivity index (χ2n) is 9.33. The number of aromatic carboxylic acids is 1. The first-order chi connectivity index (χ1) is 20.3. The van der Waals surface area contributed by atoms with Crippen LogP contribution in [0.4, 0.5) is 14.5 Å². The highest BCUT2D eigenvalue weighted by atomic mass is 31.2. The minimum Gasteiger partial charge on any atom is -0.505 e. The van der Waals surface area contributed by atoms with Crippen molar-refractivity contribution >= 4 is 36.2 Å². The molecule has 43 heavy (non-hydrogen) atoms. The molecule has 3 aromatic carbocycles. The van der Waals surface area contributed by atoms with E-state index in [2.05, 4.69) is 9.84 Å². The van der Waals surface area contributed by atoms with Crippen molar-refractivity contribution in [3.63, 3.8) is 0 Å². The van der Waals surface area contributed by atoms with E-state index in [1.807, 2.05) is 0 Å². The lowest BCUT2D eigenvalue weighted by atomic mass is 9.89. The van der Waals surface area contributed by atoms with Gasteiger partial charge in [0, 0.05) is 52.9 Å². The van der Waals surface area contributed by atoms with Crippen molar-refractivity contribution in [2.45, 2.75) is 6.42 Å². The number of phenolic OH excluding ortho intramolecular Hbond substituents is 1. The fraction of sp³-hybridized carbons (Fsp3) is 0.0690. The van der Waals surface area contributed by atoms with Crippen molar-refractivity contribution in [3.8, 4) is 33.9 Å². The molecular weight excluding hydrogens is 591 g/mol. The zero-order valence-electron chi connectivity index (χ0n) is 21.7. The van der Waals surface area contributed by atoms with Crippen LogP contribution in [0.3, 0.4) is 0 Å². The molecule has 220 valence electrons. The van der Waals surface area contributed by atoms with Gasteiger partial charge < -0.3 is 24.5 Å². The number of rotatable bonds is 9. The lowest BCUT2D eigenvalue weighted by Gasteiger charge is -2.17. The summed E-state index contributed by atoms with van der Waals surface area (Å²) in [7, 11) is -4.71. The molecule has 0 bridgehead atoms. The Bertz CT molecular complexity index is 1990. The molecule has 0 radical (unpaired) electrons. The number of phosphoric acid groups is 1. The minimum absolute atomic E-state index is 0.0103. The number of carboxylic acids is 1. The summed E-state index contributed by atoms with van der Waals surface area (Å²) in [5, 5.41) is 22.9. The molecule has 0 spiro atoms. The Morgan fingerprint density at radius 3 is 2.33 bits per heavy atom. The predicted molar refractivity (Wildman–Crippen MR) is 150 cm³/mol. The van der Waals surface area contributed by atoms with E-state index in [1.54, 1.807) is 0 Å². The second kappa shape index (κ2) is 11.3. The highest BCUT2D eigenvalue weighted by molar-refractivity contribution is 7.46. The first kappa shape index (κ1) is 29.4. The molecule has 0 atom stereocenters. The SMILES string of the molecule is O=C(CCNc1ccc(OP(=O)(O)O)cc1)c1ccc(-c2c3cc(F)c(=O)cc-3oc3cc(O)c(F)cc23)c(C(=O)O)c1. The van der Waals surface area contributed by atoms with Crippen LogP contribution in [0, 0.1) is 11.6 Å². The number of phosphoric ester groups is 1. The Morgan fingerprint density at radius 1 is 0.930 bits per heavy atom. The second-order valence-corrected chi connectivity index (χ2v) is 10.5. The molecule has 0 aromatic heterocycles. The van der Waals surface area contributed by atoms with Gasteiger partial charge in [-0.05, 0) is 48.0 Å². The number of nitrogens with one attached hydrogen (secondary N) is 1. The van der Waals surface area contributed by atoms with E-state index in [1.165, 1.54) is 36.4 Å². The van der Waals surface area contributed by atoms with E-state index in [9.17, 15) is 37.9 Å². The van der Waals surface area contributed by atoms with Crippen molar-refractivity contribution in [2.24, 2.45) is 0 Å². The topological polar surface area (TPSA) is 184 Å². The summed E-state index contributed by atoms with van der Waals surface area (Å²) in [4.78, 5) is 55.0. The largest absolute Gasteiger partial charge is 0.524 e. The standard InChI is InChI=1S/C29H20F2NO10P/c30-21-10-19-26(12-24(21)34)41-27-13-25(35)22(31)11-20(27)28(19)17-6-1-14(9-18(17)29(36)37)23(33)7-8-32-15-2-4-16(5-3-15)42-43(38,39)40/h1-6,9-13,32,34H,7-8H2,(H,36,37)(H2,38,39,40). The summed E-state index contributed by atoms with van der Waals surface area (Å²) in [5.74, 6) is -5.03. The predicted octanol–water partition coefficient (Wildman–Crippen LogP) is 5.40. The summed E-state index contributed by atoms with van der Waals surface area (Å²) in [6.45, 7) is 0.122. The van der Waals surface area contributed by atoms with Crippen LogP contribution in [-0.4, -0.2) is 38.3 Å². The molecule has 0 unspecified atom stereocenters. The van der Waals surface area contributed by atoms with Crippen LogP contribution in [-0.2, 0) is 4.57 Å². The average molecular weight is 611 g/mol. The third-order valence-corrected chi connectivity index (χ3v) is 6.89. The first-order valence-corrected chi connectivity index (χ1v) is 13.9. The Balaban J connectivity index is 1.47. The number of phenols is 1. The van der Waals surface area contributed by atoms with Crippen LogP contribution in [0.25, 0.3) is 33.4 Å². The maximum atomic E-state index is 14.4. The van der Waals surface area contributed by atoms with Crippen LogP contribution < -0.4 is 15.3 Å². The van der Waals surface area contributed by atoms with E-state index in [0.717, 1.165) is 30.3 Å². The van der Waals surface area contributed by atoms with Crippen LogP contribution >= 0.6 is 7.82 Å². The van der Waals surface area contributed by atoms with E-state index in [4.69, 9.17) is 14.2 Å². The molecule has 0 saturated heterocycles.